The number of amides is 4. The molecule has 6 nitrogen and oxygen atoms in total. The molecule has 4 amide bonds. The molecule has 0 spiro atoms. The van der Waals surface area contributed by atoms with E-state index in [0.29, 0.717) is 19.4 Å². The maximum atomic E-state index is 12.9. The van der Waals surface area contributed by atoms with Gasteiger partial charge in [-0.2, -0.15) is 0 Å². The van der Waals surface area contributed by atoms with Gasteiger partial charge in [0.1, 0.15) is 12.1 Å². The Bertz CT molecular complexity index is 928. The molecular formula is C22H23N3O3. The van der Waals surface area contributed by atoms with E-state index in [2.05, 4.69) is 5.32 Å². The first kappa shape index (κ1) is 18.2. The van der Waals surface area contributed by atoms with Gasteiger partial charge in [0.15, 0.2) is 0 Å². The van der Waals surface area contributed by atoms with Gasteiger partial charge in [0, 0.05) is 12.2 Å². The lowest BCUT2D eigenvalue weighted by molar-refractivity contribution is -0.134. The van der Waals surface area contributed by atoms with Crippen molar-refractivity contribution in [1.82, 2.24) is 10.2 Å². The second-order valence-corrected chi connectivity index (χ2v) is 7.56. The Morgan fingerprint density at radius 3 is 2.57 bits per heavy atom. The topological polar surface area (TPSA) is 69.7 Å². The van der Waals surface area contributed by atoms with E-state index in [0.717, 1.165) is 28.1 Å². The molecular weight excluding hydrogens is 354 g/mol. The smallest absolute Gasteiger partial charge is 0.323 e. The molecule has 1 N–H and O–H groups in total. The highest BCUT2D eigenvalue weighted by molar-refractivity contribution is 6.10. The van der Waals surface area contributed by atoms with Gasteiger partial charge in [0.2, 0.25) is 5.91 Å². The number of nitrogens with one attached hydrogen (secondary N) is 1. The summed E-state index contributed by atoms with van der Waals surface area (Å²) in [4.78, 5) is 40.9. The number of nitrogens with zero attached hydrogens (tertiary/aromatic N) is 2. The second-order valence-electron chi connectivity index (χ2n) is 7.56. The van der Waals surface area contributed by atoms with Gasteiger partial charge in [-0.25, -0.2) is 4.79 Å². The molecule has 2 aromatic rings. The van der Waals surface area contributed by atoms with Gasteiger partial charge in [0.05, 0.1) is 0 Å². The number of para-hydroxylation sites is 1. The molecule has 1 saturated heterocycles. The zero-order chi connectivity index (χ0) is 19.7. The Morgan fingerprint density at radius 2 is 1.79 bits per heavy atom. The summed E-state index contributed by atoms with van der Waals surface area (Å²) in [5.74, 6) is -0.574. The highest BCUT2D eigenvalue weighted by atomic mass is 16.2. The van der Waals surface area contributed by atoms with Crippen LogP contribution in [-0.4, -0.2) is 41.4 Å². The van der Waals surface area contributed by atoms with Crippen LogP contribution in [0.4, 0.5) is 10.5 Å². The van der Waals surface area contributed by atoms with Crippen molar-refractivity contribution in [2.45, 2.75) is 31.7 Å². The lowest BCUT2D eigenvalue weighted by Crippen LogP contribution is -2.46. The molecule has 2 aromatic carbocycles. The van der Waals surface area contributed by atoms with Crippen LogP contribution in [0, 0.1) is 0 Å². The minimum Gasteiger partial charge on any atom is -0.323 e. The van der Waals surface area contributed by atoms with Crippen molar-refractivity contribution in [3.8, 4) is 0 Å². The highest BCUT2D eigenvalue weighted by Gasteiger charge is 2.48. The van der Waals surface area contributed by atoms with Crippen LogP contribution < -0.4 is 10.2 Å². The zero-order valence-electron chi connectivity index (χ0n) is 15.9. The molecule has 2 aliphatic rings. The van der Waals surface area contributed by atoms with E-state index in [4.69, 9.17) is 0 Å². The predicted molar refractivity (Wildman–Crippen MR) is 106 cm³/mol. The summed E-state index contributed by atoms with van der Waals surface area (Å²) in [6.07, 6.45) is 1.94. The quantitative estimate of drug-likeness (QED) is 0.814. The molecule has 0 aliphatic carbocycles. The van der Waals surface area contributed by atoms with Gasteiger partial charge in [-0.1, -0.05) is 48.5 Å². The molecule has 144 valence electrons. The van der Waals surface area contributed by atoms with Crippen LogP contribution in [-0.2, 0) is 22.4 Å². The maximum absolute atomic E-state index is 12.9. The minimum atomic E-state index is -0.990. The van der Waals surface area contributed by atoms with E-state index < -0.39 is 11.6 Å². The predicted octanol–water partition coefficient (Wildman–Crippen LogP) is 2.52. The third kappa shape index (κ3) is 3.26. The number of hydrogen-bond acceptors (Lipinski definition) is 3. The summed E-state index contributed by atoms with van der Waals surface area (Å²) in [6.45, 7) is 2.07. The summed E-state index contributed by atoms with van der Waals surface area (Å²) in [5.41, 5.74) is 2.09. The molecule has 2 aliphatic heterocycles. The maximum Gasteiger partial charge on any atom is 0.325 e. The molecule has 1 fully saturated rings. The highest BCUT2D eigenvalue weighted by Crippen LogP contribution is 2.28. The number of aryl methyl sites for hydroxylation is 1. The van der Waals surface area contributed by atoms with E-state index in [-0.39, 0.29) is 18.4 Å². The van der Waals surface area contributed by atoms with Crippen molar-refractivity contribution < 1.29 is 14.4 Å². The van der Waals surface area contributed by atoms with Gasteiger partial charge >= 0.3 is 6.03 Å². The zero-order valence-corrected chi connectivity index (χ0v) is 15.9. The first-order valence-corrected chi connectivity index (χ1v) is 9.54. The molecule has 0 aromatic heterocycles. The van der Waals surface area contributed by atoms with Crippen molar-refractivity contribution in [1.29, 1.82) is 0 Å². The monoisotopic (exact) mass is 377 g/mol. The summed E-state index contributed by atoms with van der Waals surface area (Å²) in [5, 5.41) is 2.78. The molecule has 0 bridgehead atoms. The molecule has 1 atom stereocenters. The van der Waals surface area contributed by atoms with Crippen LogP contribution >= 0.6 is 0 Å². The van der Waals surface area contributed by atoms with E-state index in [1.54, 1.807) is 11.8 Å². The number of benzene rings is 2. The van der Waals surface area contributed by atoms with Crippen molar-refractivity contribution in [2.24, 2.45) is 0 Å². The summed E-state index contributed by atoms with van der Waals surface area (Å²) in [6, 6.07) is 17.1. The Balaban J connectivity index is 1.43. The van der Waals surface area contributed by atoms with Gasteiger partial charge < -0.3 is 10.2 Å². The SMILES string of the molecule is C[C@@]1(CCc2ccccc2)NC(=O)N(CC(=O)N2CCc3ccccc32)C1=O. The number of urea groups is 1. The van der Waals surface area contributed by atoms with Crippen molar-refractivity contribution in [3.05, 3.63) is 65.7 Å². The number of carbonyl (C=O) groups is 3. The fraction of sp³-hybridized carbons (Fsp3) is 0.318. The first-order valence-electron chi connectivity index (χ1n) is 9.54. The third-order valence-electron chi connectivity index (χ3n) is 5.58. The average molecular weight is 377 g/mol. The van der Waals surface area contributed by atoms with Gasteiger partial charge in [-0.15, -0.1) is 0 Å². The number of imide groups is 1. The Morgan fingerprint density at radius 1 is 1.07 bits per heavy atom. The first-order chi connectivity index (χ1) is 13.5. The number of anilines is 1. The lowest BCUT2D eigenvalue weighted by Gasteiger charge is -2.23. The Kier molecular flexibility index (Phi) is 4.63. The van der Waals surface area contributed by atoms with Gasteiger partial charge in [0.25, 0.3) is 5.91 Å². The van der Waals surface area contributed by atoms with Crippen molar-refractivity contribution in [3.63, 3.8) is 0 Å². The molecule has 0 unspecified atom stereocenters. The number of hydrogen-bond donors (Lipinski definition) is 1. The van der Waals surface area contributed by atoms with E-state index in [1.165, 1.54) is 0 Å². The molecule has 28 heavy (non-hydrogen) atoms. The fourth-order valence-electron chi connectivity index (χ4n) is 3.92. The molecule has 6 heteroatoms. The number of carbonyl (C=O) groups excluding carboxylic acids is 3. The molecule has 0 radical (unpaired) electrons. The van der Waals surface area contributed by atoms with Gasteiger partial charge in [-0.3, -0.25) is 14.5 Å². The lowest BCUT2D eigenvalue weighted by atomic mass is 9.93. The van der Waals surface area contributed by atoms with Crippen LogP contribution in [0.25, 0.3) is 0 Å². The summed E-state index contributed by atoms with van der Waals surface area (Å²) < 4.78 is 0. The Hall–Kier alpha value is -3.15. The number of fused-ring (bicyclic) bond motifs is 1. The van der Waals surface area contributed by atoms with Crippen LogP contribution in [0.5, 0.6) is 0 Å². The van der Waals surface area contributed by atoms with E-state index >= 15 is 0 Å². The molecule has 2 heterocycles. The van der Waals surface area contributed by atoms with Crippen LogP contribution in [0.1, 0.15) is 24.5 Å². The Labute approximate surface area is 164 Å². The largest absolute Gasteiger partial charge is 0.325 e. The van der Waals surface area contributed by atoms with Crippen molar-refractivity contribution in [2.75, 3.05) is 18.0 Å². The third-order valence-corrected chi connectivity index (χ3v) is 5.58. The fourth-order valence-corrected chi connectivity index (χ4v) is 3.92. The van der Waals surface area contributed by atoms with E-state index in [1.807, 2.05) is 54.6 Å². The minimum absolute atomic E-state index is 0.235. The second kappa shape index (κ2) is 7.11. The standard InChI is InChI=1S/C22H23N3O3/c1-22(13-11-16-7-3-2-4-8-16)20(27)25(21(28)23-22)15-19(26)24-14-12-17-9-5-6-10-18(17)24/h2-10H,11-15H2,1H3,(H,23,28)/t22-/m0/s1. The summed E-state index contributed by atoms with van der Waals surface area (Å²) in [7, 11) is 0. The summed E-state index contributed by atoms with van der Waals surface area (Å²) >= 11 is 0. The molecule has 4 rings (SSSR count). The number of rotatable bonds is 5. The van der Waals surface area contributed by atoms with Crippen molar-refractivity contribution >= 4 is 23.5 Å². The van der Waals surface area contributed by atoms with Gasteiger partial charge in [-0.05, 0) is 43.4 Å². The van der Waals surface area contributed by atoms with E-state index in [9.17, 15) is 14.4 Å². The normalized spacial score (nSPS) is 21.0. The van der Waals surface area contributed by atoms with Crippen LogP contribution in [0.3, 0.4) is 0 Å². The van der Waals surface area contributed by atoms with Crippen LogP contribution in [0.15, 0.2) is 54.6 Å². The molecule has 0 saturated carbocycles. The van der Waals surface area contributed by atoms with Crippen LogP contribution in [0.2, 0.25) is 0 Å². The average Bonchev–Trinajstić information content (AvgIpc) is 3.22.